The number of pyridine rings is 1. The van der Waals surface area contributed by atoms with Crippen molar-refractivity contribution in [2.75, 3.05) is 0 Å². The third-order valence-electron chi connectivity index (χ3n) is 5.47. The summed E-state index contributed by atoms with van der Waals surface area (Å²) in [5.41, 5.74) is 12.4. The van der Waals surface area contributed by atoms with Crippen LogP contribution in [0.4, 0.5) is 0 Å². The number of nitrogens with zero attached hydrogens (tertiary/aromatic N) is 1. The molecular weight excluding hydrogens is 360 g/mol. The highest BCUT2D eigenvalue weighted by Gasteiger charge is 2.24. The molecule has 1 aromatic heterocycles. The van der Waals surface area contributed by atoms with E-state index in [0.29, 0.717) is 17.9 Å². The summed E-state index contributed by atoms with van der Waals surface area (Å²) in [6.07, 6.45) is 0. The maximum absolute atomic E-state index is 13.5. The number of fused-ring (bicyclic) bond motifs is 2. The molecule has 4 nitrogen and oxygen atoms in total. The Balaban J connectivity index is 1.98. The molecular formula is C25H25N2O2+. The van der Waals surface area contributed by atoms with E-state index in [1.165, 1.54) is 0 Å². The number of aryl methyl sites for hydroxylation is 4. The lowest BCUT2D eigenvalue weighted by Crippen LogP contribution is -2.31. The lowest BCUT2D eigenvalue weighted by Gasteiger charge is -2.14. The minimum absolute atomic E-state index is 0.351. The molecule has 2 N–H and O–H groups in total. The fourth-order valence-electron chi connectivity index (χ4n) is 4.15. The maximum Gasteiger partial charge on any atom is 0.345 e. The average Bonchev–Trinajstić information content (AvgIpc) is 2.70. The molecule has 0 spiro atoms. The van der Waals surface area contributed by atoms with Gasteiger partial charge in [0.05, 0.1) is 16.3 Å². The number of esters is 1. The number of hydrogen-bond donors (Lipinski definition) is 1. The van der Waals surface area contributed by atoms with Crippen LogP contribution in [0.5, 0.6) is 5.75 Å². The lowest BCUT2D eigenvalue weighted by molar-refractivity contribution is -0.617. The summed E-state index contributed by atoms with van der Waals surface area (Å²) in [7, 11) is 2.01. The molecule has 1 heterocycles. The number of benzene rings is 3. The highest BCUT2D eigenvalue weighted by Crippen LogP contribution is 2.30. The number of nitrogens with two attached hydrogens (primary N) is 1. The van der Waals surface area contributed by atoms with Crippen LogP contribution in [0.15, 0.2) is 54.6 Å². The van der Waals surface area contributed by atoms with Crippen LogP contribution in [0.25, 0.3) is 21.8 Å². The Bertz CT molecular complexity index is 1250. The van der Waals surface area contributed by atoms with Gasteiger partial charge < -0.3 is 10.5 Å². The Morgan fingerprint density at radius 2 is 1.59 bits per heavy atom. The summed E-state index contributed by atoms with van der Waals surface area (Å²) in [5.74, 6) is 0.275. The molecule has 3 aromatic carbocycles. The number of rotatable bonds is 3. The number of hydrogen-bond acceptors (Lipinski definition) is 3. The van der Waals surface area contributed by atoms with Crippen LogP contribution < -0.4 is 15.0 Å². The van der Waals surface area contributed by atoms with Gasteiger partial charge in [0.2, 0.25) is 11.0 Å². The van der Waals surface area contributed by atoms with Crippen molar-refractivity contribution in [3.8, 4) is 5.75 Å². The van der Waals surface area contributed by atoms with E-state index in [2.05, 4.69) is 4.57 Å². The number of ether oxygens (including phenoxy) is 1. The Hall–Kier alpha value is -3.24. The van der Waals surface area contributed by atoms with Gasteiger partial charge in [-0.25, -0.2) is 4.79 Å². The van der Waals surface area contributed by atoms with E-state index in [1.807, 2.05) is 82.4 Å². The Labute approximate surface area is 170 Å². The zero-order valence-electron chi connectivity index (χ0n) is 17.2. The van der Waals surface area contributed by atoms with Gasteiger partial charge in [-0.1, -0.05) is 35.9 Å². The highest BCUT2D eigenvalue weighted by atomic mass is 16.5. The standard InChI is InChI=1S/C25H25N2O2/c1-15-11-16(2)24(17(3)12-15)29-25(28)23-19-7-5-6-8-21(19)27(4)22-10-9-18(14-26)13-20(22)23/h5-13H,14,26H2,1-4H3/q+1. The second-order valence-corrected chi connectivity index (χ2v) is 7.62. The molecule has 4 aromatic rings. The summed E-state index contributed by atoms with van der Waals surface area (Å²) < 4.78 is 8.07. The summed E-state index contributed by atoms with van der Waals surface area (Å²) in [6, 6.07) is 18.0. The zero-order valence-corrected chi connectivity index (χ0v) is 17.2. The molecule has 0 bridgehead atoms. The van der Waals surface area contributed by atoms with E-state index in [-0.39, 0.29) is 5.97 Å². The normalized spacial score (nSPS) is 11.2. The van der Waals surface area contributed by atoms with Gasteiger partial charge in [0.25, 0.3) is 0 Å². The first-order valence-electron chi connectivity index (χ1n) is 9.74. The molecule has 29 heavy (non-hydrogen) atoms. The first kappa shape index (κ1) is 19.1. The Morgan fingerprint density at radius 3 is 2.28 bits per heavy atom. The molecule has 4 rings (SSSR count). The Kier molecular flexibility index (Phi) is 4.81. The fourth-order valence-corrected chi connectivity index (χ4v) is 4.15. The number of carbonyl (C=O) groups is 1. The quantitative estimate of drug-likeness (QED) is 0.246. The summed E-state index contributed by atoms with van der Waals surface area (Å²) in [6.45, 7) is 6.39. The molecule has 0 fully saturated rings. The fraction of sp³-hybridized carbons (Fsp3) is 0.200. The molecule has 0 aliphatic rings. The Morgan fingerprint density at radius 1 is 0.931 bits per heavy atom. The van der Waals surface area contributed by atoms with Crippen LogP contribution >= 0.6 is 0 Å². The van der Waals surface area contributed by atoms with Gasteiger partial charge in [-0.15, -0.1) is 0 Å². The van der Waals surface area contributed by atoms with Gasteiger partial charge in [0.15, 0.2) is 0 Å². The molecule has 0 amide bonds. The van der Waals surface area contributed by atoms with E-state index in [0.717, 1.165) is 44.1 Å². The minimum atomic E-state index is -0.351. The van der Waals surface area contributed by atoms with Crippen LogP contribution in [-0.2, 0) is 13.6 Å². The van der Waals surface area contributed by atoms with Gasteiger partial charge in [-0.2, -0.15) is 4.57 Å². The first-order chi connectivity index (χ1) is 13.9. The van der Waals surface area contributed by atoms with Crippen LogP contribution in [0.1, 0.15) is 32.6 Å². The summed E-state index contributed by atoms with van der Waals surface area (Å²) in [5, 5.41) is 1.71. The molecule has 0 unspecified atom stereocenters. The molecule has 0 radical (unpaired) electrons. The van der Waals surface area contributed by atoms with Crippen LogP contribution in [0.2, 0.25) is 0 Å². The predicted octanol–water partition coefficient (Wildman–Crippen LogP) is 4.42. The predicted molar refractivity (Wildman–Crippen MR) is 116 cm³/mol. The largest absolute Gasteiger partial charge is 0.422 e. The van der Waals surface area contributed by atoms with E-state index in [4.69, 9.17) is 10.5 Å². The monoisotopic (exact) mass is 385 g/mol. The van der Waals surface area contributed by atoms with Crippen molar-refractivity contribution in [1.82, 2.24) is 0 Å². The third-order valence-corrected chi connectivity index (χ3v) is 5.47. The molecule has 0 aliphatic heterocycles. The van der Waals surface area contributed by atoms with Crippen LogP contribution in [-0.4, -0.2) is 5.97 Å². The molecule has 0 atom stereocenters. The lowest BCUT2D eigenvalue weighted by atomic mass is 10.00. The molecule has 0 aliphatic carbocycles. The summed E-state index contributed by atoms with van der Waals surface area (Å²) in [4.78, 5) is 13.5. The topological polar surface area (TPSA) is 56.2 Å². The molecule has 0 saturated heterocycles. The number of para-hydroxylation sites is 1. The van der Waals surface area contributed by atoms with Gasteiger partial charge in [-0.05, 0) is 49.6 Å². The van der Waals surface area contributed by atoms with Crippen molar-refractivity contribution >= 4 is 27.8 Å². The van der Waals surface area contributed by atoms with E-state index in [9.17, 15) is 4.79 Å². The van der Waals surface area contributed by atoms with Gasteiger partial charge in [-0.3, -0.25) is 0 Å². The zero-order chi connectivity index (χ0) is 20.7. The minimum Gasteiger partial charge on any atom is -0.422 e. The van der Waals surface area contributed by atoms with E-state index >= 15 is 0 Å². The van der Waals surface area contributed by atoms with Crippen molar-refractivity contribution in [3.05, 3.63) is 82.4 Å². The average molecular weight is 385 g/mol. The van der Waals surface area contributed by atoms with E-state index < -0.39 is 0 Å². The molecule has 146 valence electrons. The SMILES string of the molecule is Cc1cc(C)c(OC(=O)c2c3ccccc3[n+](C)c3ccc(CN)cc23)c(C)c1. The van der Waals surface area contributed by atoms with Crippen molar-refractivity contribution in [3.63, 3.8) is 0 Å². The van der Waals surface area contributed by atoms with Crippen LogP contribution in [0.3, 0.4) is 0 Å². The second kappa shape index (κ2) is 7.30. The van der Waals surface area contributed by atoms with E-state index in [1.54, 1.807) is 0 Å². The summed E-state index contributed by atoms with van der Waals surface area (Å²) >= 11 is 0. The number of aromatic nitrogens is 1. The molecule has 4 heteroatoms. The van der Waals surface area contributed by atoms with Crippen molar-refractivity contribution < 1.29 is 14.1 Å². The molecule has 0 saturated carbocycles. The highest BCUT2D eigenvalue weighted by molar-refractivity contribution is 6.13. The maximum atomic E-state index is 13.5. The van der Waals surface area contributed by atoms with Crippen LogP contribution in [0, 0.1) is 20.8 Å². The van der Waals surface area contributed by atoms with Crippen molar-refractivity contribution in [2.24, 2.45) is 12.8 Å². The van der Waals surface area contributed by atoms with Crippen molar-refractivity contribution in [1.29, 1.82) is 0 Å². The first-order valence-corrected chi connectivity index (χ1v) is 9.74. The van der Waals surface area contributed by atoms with Gasteiger partial charge >= 0.3 is 5.97 Å². The smallest absolute Gasteiger partial charge is 0.345 e. The second-order valence-electron chi connectivity index (χ2n) is 7.62. The third kappa shape index (κ3) is 3.26. The van der Waals surface area contributed by atoms with Crippen molar-refractivity contribution in [2.45, 2.75) is 27.3 Å². The van der Waals surface area contributed by atoms with Gasteiger partial charge in [0, 0.05) is 18.7 Å². The van der Waals surface area contributed by atoms with Gasteiger partial charge in [0.1, 0.15) is 12.8 Å². The number of carbonyl (C=O) groups excluding carboxylic acids is 1.